The van der Waals surface area contributed by atoms with E-state index in [4.69, 9.17) is 11.6 Å². The first-order chi connectivity index (χ1) is 9.18. The molecule has 0 spiro atoms. The van der Waals surface area contributed by atoms with Crippen molar-refractivity contribution in [2.75, 3.05) is 6.54 Å². The van der Waals surface area contributed by atoms with Gasteiger partial charge < -0.3 is 9.88 Å². The van der Waals surface area contributed by atoms with Gasteiger partial charge in [0.2, 0.25) is 0 Å². The van der Waals surface area contributed by atoms with Crippen LogP contribution in [0.2, 0.25) is 5.02 Å². The van der Waals surface area contributed by atoms with E-state index in [1.807, 2.05) is 18.2 Å². The quantitative estimate of drug-likeness (QED) is 0.791. The Hall–Kier alpha value is -1.25. The van der Waals surface area contributed by atoms with E-state index in [9.17, 15) is 0 Å². The minimum Gasteiger partial charge on any atom is -0.349 e. The van der Waals surface area contributed by atoms with Crippen LogP contribution < -0.4 is 5.32 Å². The summed E-state index contributed by atoms with van der Waals surface area (Å²) in [7, 11) is 0. The number of hydrogen-bond donors (Lipinski definition) is 1. The fraction of sp³-hybridized carbons (Fsp3) is 0.375. The highest BCUT2D eigenvalue weighted by molar-refractivity contribution is 6.31. The van der Waals surface area contributed by atoms with Crippen LogP contribution in [0.3, 0.4) is 0 Å². The van der Waals surface area contributed by atoms with Gasteiger partial charge in [-0.1, -0.05) is 29.8 Å². The van der Waals surface area contributed by atoms with Gasteiger partial charge in [-0.3, -0.25) is 0 Å². The molecular weight excluding hydrogens is 256 g/mol. The second-order valence-electron chi connectivity index (χ2n) is 4.89. The Kier molecular flexibility index (Phi) is 5.06. The summed E-state index contributed by atoms with van der Waals surface area (Å²) in [6, 6.07) is 12.3. The standard InChI is InChI=1S/C16H21ClN2/c1-13-8-9-14(2)19(13)11-5-10-18-12-15-6-3-4-7-16(15)17/h3-4,6-9,18H,5,10-12H2,1-2H3. The summed E-state index contributed by atoms with van der Waals surface area (Å²) < 4.78 is 2.36. The molecule has 19 heavy (non-hydrogen) atoms. The highest BCUT2D eigenvalue weighted by Gasteiger charge is 2.01. The van der Waals surface area contributed by atoms with E-state index < -0.39 is 0 Å². The van der Waals surface area contributed by atoms with E-state index in [0.29, 0.717) is 0 Å². The molecule has 0 unspecified atom stereocenters. The first-order valence-corrected chi connectivity index (χ1v) is 7.13. The number of benzene rings is 1. The Morgan fingerprint density at radius 1 is 1.05 bits per heavy atom. The third-order valence-electron chi connectivity index (χ3n) is 3.43. The van der Waals surface area contributed by atoms with Gasteiger partial charge in [0.15, 0.2) is 0 Å². The number of halogens is 1. The zero-order valence-corrected chi connectivity index (χ0v) is 12.4. The van der Waals surface area contributed by atoms with Crippen LogP contribution >= 0.6 is 11.6 Å². The Morgan fingerprint density at radius 3 is 2.42 bits per heavy atom. The first-order valence-electron chi connectivity index (χ1n) is 6.75. The monoisotopic (exact) mass is 276 g/mol. The molecule has 0 bridgehead atoms. The van der Waals surface area contributed by atoms with Crippen LogP contribution in [0.1, 0.15) is 23.4 Å². The van der Waals surface area contributed by atoms with E-state index in [2.05, 4.69) is 41.9 Å². The molecule has 0 aliphatic heterocycles. The highest BCUT2D eigenvalue weighted by atomic mass is 35.5. The second-order valence-corrected chi connectivity index (χ2v) is 5.30. The molecule has 0 aliphatic rings. The fourth-order valence-electron chi connectivity index (χ4n) is 2.28. The Labute approximate surface area is 120 Å². The number of aromatic nitrogens is 1. The molecule has 0 fully saturated rings. The smallest absolute Gasteiger partial charge is 0.0450 e. The van der Waals surface area contributed by atoms with Crippen LogP contribution in [0.25, 0.3) is 0 Å². The zero-order valence-electron chi connectivity index (χ0n) is 11.6. The average molecular weight is 277 g/mol. The lowest BCUT2D eigenvalue weighted by molar-refractivity contribution is 0.568. The zero-order chi connectivity index (χ0) is 13.7. The van der Waals surface area contributed by atoms with E-state index in [-0.39, 0.29) is 0 Å². The molecule has 2 rings (SSSR count). The number of nitrogens with one attached hydrogen (secondary N) is 1. The molecule has 1 heterocycles. The Balaban J connectivity index is 1.72. The van der Waals surface area contributed by atoms with Crippen molar-refractivity contribution in [3.8, 4) is 0 Å². The van der Waals surface area contributed by atoms with Gasteiger partial charge in [-0.05, 0) is 50.6 Å². The molecular formula is C16H21ClN2. The van der Waals surface area contributed by atoms with Gasteiger partial charge >= 0.3 is 0 Å². The maximum atomic E-state index is 6.12. The van der Waals surface area contributed by atoms with Gasteiger partial charge in [0.1, 0.15) is 0 Å². The minimum atomic E-state index is 0.837. The molecule has 3 heteroatoms. The summed E-state index contributed by atoms with van der Waals surface area (Å²) in [4.78, 5) is 0. The van der Waals surface area contributed by atoms with E-state index in [1.165, 1.54) is 11.4 Å². The molecule has 2 aromatic rings. The van der Waals surface area contributed by atoms with Gasteiger partial charge in [0, 0.05) is 29.5 Å². The minimum absolute atomic E-state index is 0.837. The predicted octanol–water partition coefficient (Wildman–Crippen LogP) is 3.94. The second kappa shape index (κ2) is 6.78. The Bertz CT molecular complexity index is 512. The van der Waals surface area contributed by atoms with Crippen molar-refractivity contribution in [3.63, 3.8) is 0 Å². The topological polar surface area (TPSA) is 17.0 Å². The molecule has 1 N–H and O–H groups in total. The van der Waals surface area contributed by atoms with Gasteiger partial charge in [0.25, 0.3) is 0 Å². The number of hydrogen-bond acceptors (Lipinski definition) is 1. The fourth-order valence-corrected chi connectivity index (χ4v) is 2.48. The van der Waals surface area contributed by atoms with Crippen LogP contribution in [0.4, 0.5) is 0 Å². The largest absolute Gasteiger partial charge is 0.349 e. The Morgan fingerprint density at radius 2 is 1.74 bits per heavy atom. The summed E-state index contributed by atoms with van der Waals surface area (Å²) in [5.41, 5.74) is 3.84. The molecule has 0 saturated heterocycles. The average Bonchev–Trinajstić information content (AvgIpc) is 2.72. The van der Waals surface area contributed by atoms with Crippen molar-refractivity contribution >= 4 is 11.6 Å². The van der Waals surface area contributed by atoms with Crippen LogP contribution in [0, 0.1) is 13.8 Å². The molecule has 2 nitrogen and oxygen atoms in total. The van der Waals surface area contributed by atoms with Gasteiger partial charge in [-0.2, -0.15) is 0 Å². The van der Waals surface area contributed by atoms with E-state index >= 15 is 0 Å². The summed E-state index contributed by atoms with van der Waals surface area (Å²) >= 11 is 6.12. The van der Waals surface area contributed by atoms with E-state index in [1.54, 1.807) is 0 Å². The first kappa shape index (κ1) is 14.2. The van der Waals surface area contributed by atoms with Gasteiger partial charge in [0.05, 0.1) is 0 Å². The van der Waals surface area contributed by atoms with Crippen LogP contribution in [0.15, 0.2) is 36.4 Å². The number of nitrogens with zero attached hydrogens (tertiary/aromatic N) is 1. The molecule has 0 amide bonds. The lowest BCUT2D eigenvalue weighted by atomic mass is 10.2. The highest BCUT2D eigenvalue weighted by Crippen LogP contribution is 2.14. The SMILES string of the molecule is Cc1ccc(C)n1CCCNCc1ccccc1Cl. The summed E-state index contributed by atoms with van der Waals surface area (Å²) in [6.45, 7) is 7.22. The normalized spacial score (nSPS) is 10.9. The van der Waals surface area contributed by atoms with Crippen LogP contribution in [-0.4, -0.2) is 11.1 Å². The number of aryl methyl sites for hydroxylation is 2. The van der Waals surface area contributed by atoms with Crippen molar-refractivity contribution in [1.82, 2.24) is 9.88 Å². The van der Waals surface area contributed by atoms with Gasteiger partial charge in [-0.25, -0.2) is 0 Å². The number of rotatable bonds is 6. The van der Waals surface area contributed by atoms with Crippen molar-refractivity contribution in [2.24, 2.45) is 0 Å². The molecule has 0 radical (unpaired) electrons. The summed E-state index contributed by atoms with van der Waals surface area (Å²) in [6.07, 6.45) is 1.13. The maximum absolute atomic E-state index is 6.12. The maximum Gasteiger partial charge on any atom is 0.0450 e. The van der Waals surface area contributed by atoms with E-state index in [0.717, 1.165) is 36.6 Å². The third-order valence-corrected chi connectivity index (χ3v) is 3.79. The third kappa shape index (κ3) is 3.85. The lowest BCUT2D eigenvalue weighted by Gasteiger charge is -2.10. The van der Waals surface area contributed by atoms with Crippen LogP contribution in [0.5, 0.6) is 0 Å². The molecule has 0 atom stereocenters. The molecule has 0 saturated carbocycles. The van der Waals surface area contributed by atoms with Crippen molar-refractivity contribution in [1.29, 1.82) is 0 Å². The molecule has 0 aliphatic carbocycles. The molecule has 1 aromatic carbocycles. The molecule has 1 aromatic heterocycles. The van der Waals surface area contributed by atoms with Crippen molar-refractivity contribution < 1.29 is 0 Å². The summed E-state index contributed by atoms with van der Waals surface area (Å²) in [5.74, 6) is 0. The lowest BCUT2D eigenvalue weighted by Crippen LogP contribution is -2.17. The van der Waals surface area contributed by atoms with Gasteiger partial charge in [-0.15, -0.1) is 0 Å². The van der Waals surface area contributed by atoms with Crippen molar-refractivity contribution in [3.05, 3.63) is 58.4 Å². The molecule has 102 valence electrons. The summed E-state index contributed by atoms with van der Waals surface area (Å²) in [5, 5.41) is 4.29. The van der Waals surface area contributed by atoms with Crippen LogP contribution in [-0.2, 0) is 13.1 Å². The van der Waals surface area contributed by atoms with Crippen molar-refractivity contribution in [2.45, 2.75) is 33.4 Å². The predicted molar refractivity (Wildman–Crippen MR) is 81.7 cm³/mol.